The Kier molecular flexibility index (Phi) is 3.93. The zero-order chi connectivity index (χ0) is 21.8. The van der Waals surface area contributed by atoms with Crippen LogP contribution in [0.1, 0.15) is 50.7 Å². The van der Waals surface area contributed by atoms with E-state index in [0.29, 0.717) is 6.04 Å². The summed E-state index contributed by atoms with van der Waals surface area (Å²) in [7, 11) is 5.80. The number of likely N-dealkylation sites (tertiary alicyclic amines) is 1. The molecule has 2 fully saturated rings. The summed E-state index contributed by atoms with van der Waals surface area (Å²) in [6.07, 6.45) is 9.25. The summed E-state index contributed by atoms with van der Waals surface area (Å²) in [6.45, 7) is 5.20. The average molecular weight is 426 g/mol. The number of piperidine rings is 1. The van der Waals surface area contributed by atoms with Gasteiger partial charge in [-0.2, -0.15) is 0 Å². The summed E-state index contributed by atoms with van der Waals surface area (Å²) in [5.41, 5.74) is 1.08. The van der Waals surface area contributed by atoms with Crippen LogP contribution in [0.4, 0.5) is 0 Å². The number of ether oxygens (including phenoxy) is 3. The molecule has 2 aliphatic heterocycles. The fourth-order valence-corrected chi connectivity index (χ4v) is 8.59. The van der Waals surface area contributed by atoms with Gasteiger partial charge in [0.1, 0.15) is 11.7 Å². The highest BCUT2D eigenvalue weighted by Gasteiger charge is 2.80. The quantitative estimate of drug-likeness (QED) is 0.732. The van der Waals surface area contributed by atoms with E-state index in [2.05, 4.69) is 43.2 Å². The van der Waals surface area contributed by atoms with E-state index in [1.54, 1.807) is 14.2 Å². The standard InChI is InChI=1S/C26H35NO4/c1-6-9-23(2,28)18-15-24-10-11-26(18,30-5)22-25(24)12-13-27(3)19(24)14-16-7-8-17(29-4)21(31-22)20(16)25/h7-8,10-11,18-19,22,28H,6,9,12-15H2,1-5H3/t18-,19-,22-,23?,24-,25?,26-/m1/s1. The molecule has 2 heterocycles. The molecule has 0 amide bonds. The molecular formula is C26H35NO4. The number of rotatable bonds is 5. The highest BCUT2D eigenvalue weighted by Crippen LogP contribution is 2.75. The molecule has 4 bridgehead atoms. The van der Waals surface area contributed by atoms with Crippen LogP contribution in [0.25, 0.3) is 0 Å². The van der Waals surface area contributed by atoms with Crippen LogP contribution in [0.2, 0.25) is 0 Å². The minimum Gasteiger partial charge on any atom is -0.493 e. The number of hydrogen-bond donors (Lipinski definition) is 1. The lowest BCUT2D eigenvalue weighted by Crippen LogP contribution is -2.80. The van der Waals surface area contributed by atoms with Crippen LogP contribution >= 0.6 is 0 Å². The molecule has 1 aromatic rings. The number of fused-ring (bicyclic) bond motifs is 1. The lowest BCUT2D eigenvalue weighted by Gasteiger charge is -2.72. The van der Waals surface area contributed by atoms with Crippen LogP contribution in [-0.4, -0.2) is 61.2 Å². The van der Waals surface area contributed by atoms with Crippen molar-refractivity contribution in [1.82, 2.24) is 4.90 Å². The van der Waals surface area contributed by atoms with Gasteiger partial charge < -0.3 is 24.2 Å². The van der Waals surface area contributed by atoms with Crippen molar-refractivity contribution < 1.29 is 19.3 Å². The minimum absolute atomic E-state index is 0.0241. The Labute approximate surface area is 185 Å². The summed E-state index contributed by atoms with van der Waals surface area (Å²) in [5, 5.41) is 11.7. The van der Waals surface area contributed by atoms with Gasteiger partial charge in [-0.3, -0.25) is 0 Å². The van der Waals surface area contributed by atoms with Gasteiger partial charge in [0.25, 0.3) is 0 Å². The summed E-state index contributed by atoms with van der Waals surface area (Å²) in [5.74, 6) is 1.71. The molecule has 1 saturated heterocycles. The maximum Gasteiger partial charge on any atom is 0.166 e. The molecule has 7 atom stereocenters. The molecule has 5 heteroatoms. The van der Waals surface area contributed by atoms with Gasteiger partial charge in [0.05, 0.1) is 18.1 Å². The molecule has 6 aliphatic rings. The summed E-state index contributed by atoms with van der Waals surface area (Å²) in [4.78, 5) is 2.55. The van der Waals surface area contributed by atoms with Crippen LogP contribution < -0.4 is 9.47 Å². The van der Waals surface area contributed by atoms with Gasteiger partial charge in [0.15, 0.2) is 11.5 Å². The highest BCUT2D eigenvalue weighted by molar-refractivity contribution is 5.65. The third kappa shape index (κ3) is 2.01. The van der Waals surface area contributed by atoms with Gasteiger partial charge in [0.2, 0.25) is 0 Å². The van der Waals surface area contributed by atoms with Gasteiger partial charge in [0, 0.05) is 30.0 Å². The minimum atomic E-state index is -0.820. The Morgan fingerprint density at radius 2 is 2.10 bits per heavy atom. The van der Waals surface area contributed by atoms with Crippen molar-refractivity contribution in [2.24, 2.45) is 11.3 Å². The van der Waals surface area contributed by atoms with Crippen LogP contribution in [0.5, 0.6) is 11.5 Å². The molecule has 5 nitrogen and oxygen atoms in total. The molecule has 168 valence electrons. The van der Waals surface area contributed by atoms with E-state index in [1.165, 1.54) is 11.1 Å². The molecular weight excluding hydrogens is 390 g/mol. The SMILES string of the molecule is CCCC(C)(O)[C@H]1C[C@@]23C=C[C@]1(OC)[C@@H]1Oc4c(OC)ccc5c4C12CCN(C)[C@@H]3C5. The second-order valence-corrected chi connectivity index (χ2v) is 10.8. The Hall–Kier alpha value is -1.56. The van der Waals surface area contributed by atoms with Crippen LogP contribution in [0, 0.1) is 11.3 Å². The van der Waals surface area contributed by atoms with E-state index in [4.69, 9.17) is 14.2 Å². The van der Waals surface area contributed by atoms with Gasteiger partial charge in [-0.1, -0.05) is 31.6 Å². The Bertz CT molecular complexity index is 972. The Balaban J connectivity index is 1.66. The van der Waals surface area contributed by atoms with Crippen molar-refractivity contribution in [1.29, 1.82) is 0 Å². The van der Waals surface area contributed by atoms with Crippen LogP contribution in [0.3, 0.4) is 0 Å². The largest absolute Gasteiger partial charge is 0.493 e. The molecule has 1 aromatic carbocycles. The van der Waals surface area contributed by atoms with Crippen molar-refractivity contribution in [2.45, 2.75) is 74.7 Å². The van der Waals surface area contributed by atoms with E-state index in [-0.39, 0.29) is 22.9 Å². The first-order valence-electron chi connectivity index (χ1n) is 11.9. The molecule has 7 rings (SSSR count). The number of likely N-dealkylation sites (N-methyl/N-ethyl adjacent to an activating group) is 1. The van der Waals surface area contributed by atoms with Crippen LogP contribution in [-0.2, 0) is 16.6 Å². The molecule has 2 unspecified atom stereocenters. The van der Waals surface area contributed by atoms with E-state index < -0.39 is 11.2 Å². The topological polar surface area (TPSA) is 51.2 Å². The first-order chi connectivity index (χ1) is 14.8. The van der Waals surface area contributed by atoms with Crippen molar-refractivity contribution in [3.05, 3.63) is 35.4 Å². The Morgan fingerprint density at radius 1 is 1.29 bits per heavy atom. The molecule has 0 radical (unpaired) electrons. The lowest BCUT2D eigenvalue weighted by atomic mass is 9.36. The molecule has 31 heavy (non-hydrogen) atoms. The number of aliphatic hydroxyl groups is 1. The zero-order valence-corrected chi connectivity index (χ0v) is 19.4. The predicted molar refractivity (Wildman–Crippen MR) is 119 cm³/mol. The summed E-state index contributed by atoms with van der Waals surface area (Å²) < 4.78 is 19.1. The van der Waals surface area contributed by atoms with Gasteiger partial charge >= 0.3 is 0 Å². The predicted octanol–water partition coefficient (Wildman–Crippen LogP) is 3.47. The maximum absolute atomic E-state index is 11.7. The van der Waals surface area contributed by atoms with E-state index in [0.717, 1.165) is 50.1 Å². The normalized spacial score (nSPS) is 43.4. The zero-order valence-electron chi connectivity index (χ0n) is 19.4. The van der Waals surface area contributed by atoms with Crippen molar-refractivity contribution in [3.63, 3.8) is 0 Å². The number of nitrogens with zero attached hydrogens (tertiary/aromatic N) is 1. The molecule has 2 spiro atoms. The monoisotopic (exact) mass is 425 g/mol. The second kappa shape index (κ2) is 6.06. The second-order valence-electron chi connectivity index (χ2n) is 10.8. The third-order valence-corrected chi connectivity index (χ3v) is 9.78. The van der Waals surface area contributed by atoms with Crippen LogP contribution in [0.15, 0.2) is 24.3 Å². The number of benzene rings is 1. The van der Waals surface area contributed by atoms with E-state index >= 15 is 0 Å². The van der Waals surface area contributed by atoms with Crippen molar-refractivity contribution in [2.75, 3.05) is 27.8 Å². The van der Waals surface area contributed by atoms with Gasteiger partial charge in [-0.05, 0) is 57.8 Å². The van der Waals surface area contributed by atoms with Crippen molar-refractivity contribution in [3.8, 4) is 11.5 Å². The molecule has 4 aliphatic carbocycles. The molecule has 1 N–H and O–H groups in total. The highest BCUT2D eigenvalue weighted by atomic mass is 16.6. The molecule has 1 saturated carbocycles. The summed E-state index contributed by atoms with van der Waals surface area (Å²) in [6, 6.07) is 4.71. The number of hydrogen-bond acceptors (Lipinski definition) is 5. The number of methoxy groups -OCH3 is 2. The third-order valence-electron chi connectivity index (χ3n) is 9.78. The first-order valence-corrected chi connectivity index (χ1v) is 11.9. The first kappa shape index (κ1) is 20.1. The van der Waals surface area contributed by atoms with Gasteiger partial charge in [-0.15, -0.1) is 0 Å². The average Bonchev–Trinajstić information content (AvgIpc) is 3.13. The van der Waals surface area contributed by atoms with Crippen molar-refractivity contribution >= 4 is 0 Å². The fraction of sp³-hybridized carbons (Fsp3) is 0.692. The molecule has 0 aromatic heterocycles. The van der Waals surface area contributed by atoms with Gasteiger partial charge in [-0.25, -0.2) is 0 Å². The maximum atomic E-state index is 11.7. The fourth-order valence-electron chi connectivity index (χ4n) is 8.59. The lowest BCUT2D eigenvalue weighted by molar-refractivity contribution is -0.247. The smallest absolute Gasteiger partial charge is 0.166 e. The van der Waals surface area contributed by atoms with E-state index in [9.17, 15) is 5.11 Å². The Morgan fingerprint density at radius 3 is 2.81 bits per heavy atom. The van der Waals surface area contributed by atoms with E-state index in [1.807, 2.05) is 6.92 Å². The summed E-state index contributed by atoms with van der Waals surface area (Å²) >= 11 is 0.